The highest BCUT2D eigenvalue weighted by Gasteiger charge is 2.27. The van der Waals surface area contributed by atoms with Crippen LogP contribution in [-0.2, 0) is 6.54 Å². The number of hydrogen-bond acceptors (Lipinski definition) is 5. The Morgan fingerprint density at radius 3 is 2.46 bits per heavy atom. The molecule has 1 aliphatic carbocycles. The Hall–Kier alpha value is -3.88. The van der Waals surface area contributed by atoms with Gasteiger partial charge in [0.05, 0.1) is 21.4 Å². The Morgan fingerprint density at radius 2 is 1.78 bits per heavy atom. The molecule has 0 atom stereocenters. The minimum atomic E-state index is -0.375. The lowest BCUT2D eigenvalue weighted by Crippen LogP contribution is -2.31. The molecule has 0 radical (unpaired) electrons. The maximum Gasteiger partial charge on any atom is 0.342 e. The molecule has 0 unspecified atom stereocenters. The summed E-state index contributed by atoms with van der Waals surface area (Å²) in [4.78, 5) is 29.4. The lowest BCUT2D eigenvalue weighted by atomic mass is 9.82. The molecule has 2 aromatic heterocycles. The van der Waals surface area contributed by atoms with Crippen LogP contribution in [0, 0.1) is 0 Å². The van der Waals surface area contributed by atoms with Crippen molar-refractivity contribution in [3.05, 3.63) is 93.9 Å². The molecule has 2 amide bonds. The van der Waals surface area contributed by atoms with Crippen molar-refractivity contribution in [3.8, 4) is 17.0 Å². The summed E-state index contributed by atoms with van der Waals surface area (Å²) >= 11 is 12.1. The lowest BCUT2D eigenvalue weighted by Gasteiger charge is -2.25. The summed E-state index contributed by atoms with van der Waals surface area (Å²) in [5, 5.41) is 21.8. The van der Waals surface area contributed by atoms with Crippen LogP contribution >= 0.6 is 23.2 Å². The third-order valence-corrected chi connectivity index (χ3v) is 7.09. The number of nitrogens with one attached hydrogen (secondary N) is 2. The number of carbonyl (C=O) groups excluding carboxylic acids is 2. The zero-order valence-corrected chi connectivity index (χ0v) is 21.1. The van der Waals surface area contributed by atoms with Crippen molar-refractivity contribution in [3.63, 3.8) is 0 Å². The Labute approximate surface area is 223 Å². The number of rotatable bonds is 6. The summed E-state index contributed by atoms with van der Waals surface area (Å²) in [6.07, 6.45) is 6.10. The molecule has 5 rings (SSSR count). The molecule has 0 bridgehead atoms. The van der Waals surface area contributed by atoms with Crippen molar-refractivity contribution in [2.75, 3.05) is 5.32 Å². The van der Waals surface area contributed by atoms with Gasteiger partial charge in [0.15, 0.2) is 0 Å². The second-order valence-corrected chi connectivity index (χ2v) is 9.64. The number of anilines is 1. The molecular weight excluding hydrogens is 513 g/mol. The normalized spacial score (nSPS) is 13.1. The van der Waals surface area contributed by atoms with Crippen molar-refractivity contribution < 1.29 is 14.7 Å². The van der Waals surface area contributed by atoms with E-state index >= 15 is 0 Å². The number of carbonyl (C=O) groups is 2. The van der Waals surface area contributed by atoms with Gasteiger partial charge in [-0.1, -0.05) is 35.7 Å². The molecule has 3 N–H and O–H groups in total. The van der Waals surface area contributed by atoms with Gasteiger partial charge >= 0.3 is 6.03 Å². The summed E-state index contributed by atoms with van der Waals surface area (Å²) in [5.41, 5.74) is 3.41. The lowest BCUT2D eigenvalue weighted by molar-refractivity contribution is 0.102. The molecule has 0 saturated heterocycles. The topological polar surface area (TPSA) is 109 Å². The minimum Gasteiger partial charge on any atom is -0.507 e. The fourth-order valence-corrected chi connectivity index (χ4v) is 4.44. The van der Waals surface area contributed by atoms with Crippen LogP contribution in [0.4, 0.5) is 10.5 Å². The average molecular weight is 536 g/mol. The van der Waals surface area contributed by atoms with Crippen LogP contribution < -0.4 is 10.6 Å². The third-order valence-electron chi connectivity index (χ3n) is 6.35. The highest BCUT2D eigenvalue weighted by atomic mass is 35.5. The van der Waals surface area contributed by atoms with E-state index in [2.05, 4.69) is 20.7 Å². The number of phenolic OH excluding ortho intramolecular Hbond substituents is 1. The second kappa shape index (κ2) is 10.6. The van der Waals surface area contributed by atoms with Gasteiger partial charge in [-0.15, -0.1) is 0 Å². The van der Waals surface area contributed by atoms with E-state index < -0.39 is 0 Å². The molecule has 8 nitrogen and oxygen atoms in total. The maximum atomic E-state index is 13.1. The van der Waals surface area contributed by atoms with Gasteiger partial charge in [-0.3, -0.25) is 9.78 Å². The molecule has 0 aliphatic heterocycles. The van der Waals surface area contributed by atoms with Crippen LogP contribution in [0.1, 0.15) is 46.8 Å². The number of aromatic nitrogens is 3. The number of hydrogen-bond donors (Lipinski definition) is 3. The van der Waals surface area contributed by atoms with Gasteiger partial charge in [0, 0.05) is 47.7 Å². The summed E-state index contributed by atoms with van der Waals surface area (Å²) in [7, 11) is 0. The van der Waals surface area contributed by atoms with Crippen molar-refractivity contribution in [2.45, 2.75) is 31.7 Å². The maximum absolute atomic E-state index is 13.1. The first-order valence-electron chi connectivity index (χ1n) is 11.8. The zero-order chi connectivity index (χ0) is 25.9. The van der Waals surface area contributed by atoms with Crippen LogP contribution in [-0.4, -0.2) is 31.8 Å². The van der Waals surface area contributed by atoms with E-state index in [1.165, 1.54) is 23.1 Å². The van der Waals surface area contributed by atoms with Crippen LogP contribution in [0.25, 0.3) is 11.3 Å². The number of halogens is 2. The van der Waals surface area contributed by atoms with E-state index in [-0.39, 0.29) is 30.2 Å². The molecule has 4 aromatic rings. The number of phenols is 1. The number of nitrogens with zero attached hydrogens (tertiary/aromatic N) is 3. The van der Waals surface area contributed by atoms with Gasteiger partial charge < -0.3 is 15.7 Å². The van der Waals surface area contributed by atoms with E-state index in [9.17, 15) is 14.7 Å². The van der Waals surface area contributed by atoms with Gasteiger partial charge in [-0.2, -0.15) is 9.78 Å². The summed E-state index contributed by atoms with van der Waals surface area (Å²) in [5.74, 6) is -0.156. The molecule has 1 aliphatic rings. The van der Waals surface area contributed by atoms with Crippen molar-refractivity contribution in [1.82, 2.24) is 20.1 Å². The molecule has 2 heterocycles. The van der Waals surface area contributed by atoms with Crippen molar-refractivity contribution in [1.29, 1.82) is 0 Å². The van der Waals surface area contributed by atoms with Crippen LogP contribution in [0.15, 0.2) is 67.0 Å². The van der Waals surface area contributed by atoms with Crippen molar-refractivity contribution >= 4 is 40.8 Å². The largest absolute Gasteiger partial charge is 0.507 e. The van der Waals surface area contributed by atoms with Gasteiger partial charge in [-0.05, 0) is 60.9 Å². The Morgan fingerprint density at radius 1 is 1.00 bits per heavy atom. The summed E-state index contributed by atoms with van der Waals surface area (Å²) in [6.45, 7) is 0.256. The molecule has 0 spiro atoms. The van der Waals surface area contributed by atoms with E-state index in [0.29, 0.717) is 32.6 Å². The van der Waals surface area contributed by atoms with E-state index in [4.69, 9.17) is 23.2 Å². The van der Waals surface area contributed by atoms with Gasteiger partial charge in [0.25, 0.3) is 5.91 Å². The van der Waals surface area contributed by atoms with E-state index in [1.807, 2.05) is 6.07 Å². The molecule has 2 aromatic carbocycles. The van der Waals surface area contributed by atoms with E-state index in [0.717, 1.165) is 30.5 Å². The van der Waals surface area contributed by atoms with Crippen LogP contribution in [0.5, 0.6) is 5.75 Å². The predicted molar refractivity (Wildman–Crippen MR) is 142 cm³/mol. The molecule has 1 fully saturated rings. The van der Waals surface area contributed by atoms with Gasteiger partial charge in [0.1, 0.15) is 5.75 Å². The smallest absolute Gasteiger partial charge is 0.342 e. The van der Waals surface area contributed by atoms with Gasteiger partial charge in [-0.25, -0.2) is 4.79 Å². The quantitative estimate of drug-likeness (QED) is 0.271. The standard InChI is InChI=1S/C27H23Cl2N5O3/c28-21-7-4-16(12-22(21)29)15-31-27(37)34-24(17-2-1-3-17)14-23(33-34)20-6-5-19(13-25(20)35)32-26(36)18-8-10-30-11-9-18/h4-14,17,35H,1-3,15H2,(H,31,37)(H,32,36). The summed E-state index contributed by atoms with van der Waals surface area (Å²) < 4.78 is 1.37. The van der Waals surface area contributed by atoms with Crippen LogP contribution in [0.3, 0.4) is 0 Å². The van der Waals surface area contributed by atoms with Gasteiger partial charge in [0.2, 0.25) is 0 Å². The minimum absolute atomic E-state index is 0.0615. The first-order chi connectivity index (χ1) is 17.9. The summed E-state index contributed by atoms with van der Waals surface area (Å²) in [6, 6.07) is 14.7. The first-order valence-corrected chi connectivity index (χ1v) is 12.5. The monoisotopic (exact) mass is 535 g/mol. The predicted octanol–water partition coefficient (Wildman–Crippen LogP) is 6.24. The van der Waals surface area contributed by atoms with E-state index in [1.54, 1.807) is 42.5 Å². The highest BCUT2D eigenvalue weighted by Crippen LogP contribution is 2.39. The highest BCUT2D eigenvalue weighted by molar-refractivity contribution is 6.42. The number of benzene rings is 2. The molecular formula is C27H23Cl2N5O3. The fraction of sp³-hybridized carbons (Fsp3) is 0.185. The first kappa shape index (κ1) is 24.8. The zero-order valence-electron chi connectivity index (χ0n) is 19.6. The molecule has 37 heavy (non-hydrogen) atoms. The third kappa shape index (κ3) is 5.45. The number of aromatic hydroxyl groups is 1. The van der Waals surface area contributed by atoms with Crippen molar-refractivity contribution in [2.24, 2.45) is 0 Å². The molecule has 10 heteroatoms. The Bertz CT molecular complexity index is 1470. The fourth-order valence-electron chi connectivity index (χ4n) is 4.12. The molecule has 1 saturated carbocycles. The Kier molecular flexibility index (Phi) is 7.12. The van der Waals surface area contributed by atoms with Crippen LogP contribution in [0.2, 0.25) is 10.0 Å². The SMILES string of the molecule is O=C(Nc1ccc(-c2cc(C3CCC3)n(C(=O)NCc3ccc(Cl)c(Cl)c3)n2)c(O)c1)c1ccncc1. The second-order valence-electron chi connectivity index (χ2n) is 8.82. The average Bonchev–Trinajstić information content (AvgIpc) is 3.28. The Balaban J connectivity index is 1.36. The number of amides is 2. The molecule has 188 valence electrons. The number of pyridine rings is 1.